The fourth-order valence-electron chi connectivity index (χ4n) is 6.63. The van der Waals surface area contributed by atoms with Gasteiger partial charge in [0.1, 0.15) is 18.2 Å². The first kappa shape index (κ1) is 23.2. The molecule has 4 nitrogen and oxygen atoms in total. The van der Waals surface area contributed by atoms with E-state index in [1.54, 1.807) is 11.8 Å². The van der Waals surface area contributed by atoms with Gasteiger partial charge in [0.25, 0.3) is 0 Å². The average Bonchev–Trinajstić information content (AvgIpc) is 3.18. The summed E-state index contributed by atoms with van der Waals surface area (Å²) in [6.45, 7) is 1.80. The predicted octanol–water partition coefficient (Wildman–Crippen LogP) is 6.43. The summed E-state index contributed by atoms with van der Waals surface area (Å²) < 4.78 is 34.5. The maximum Gasteiger partial charge on any atom is 0.410 e. The predicted molar refractivity (Wildman–Crippen MR) is 133 cm³/mol. The highest BCUT2D eigenvalue weighted by atomic mass is 19.1. The summed E-state index contributed by atoms with van der Waals surface area (Å²) in [5, 5.41) is 11.5. The minimum absolute atomic E-state index is 0.0285. The van der Waals surface area contributed by atoms with Gasteiger partial charge in [0.05, 0.1) is 5.60 Å². The van der Waals surface area contributed by atoms with E-state index in [-0.39, 0.29) is 49.1 Å². The number of hydrogen-bond acceptors (Lipinski definition) is 3. The van der Waals surface area contributed by atoms with Gasteiger partial charge in [0.2, 0.25) is 0 Å². The topological polar surface area (TPSA) is 49.8 Å². The lowest BCUT2D eigenvalue weighted by Crippen LogP contribution is -2.59. The summed E-state index contributed by atoms with van der Waals surface area (Å²) in [6.07, 6.45) is 2.38. The maximum absolute atomic E-state index is 14.7. The average molecular weight is 490 g/mol. The molecule has 2 unspecified atom stereocenters. The lowest BCUT2D eigenvalue weighted by Gasteiger charge is -2.51. The second kappa shape index (κ2) is 8.70. The van der Waals surface area contributed by atoms with Gasteiger partial charge >= 0.3 is 6.09 Å². The molecule has 3 aromatic carbocycles. The Balaban J connectivity index is 1.22. The number of aliphatic hydroxyl groups is 1. The molecule has 186 valence electrons. The van der Waals surface area contributed by atoms with Crippen LogP contribution in [0.3, 0.4) is 0 Å². The van der Waals surface area contributed by atoms with E-state index in [0.29, 0.717) is 18.4 Å². The molecule has 2 fully saturated rings. The van der Waals surface area contributed by atoms with E-state index in [1.807, 2.05) is 24.3 Å². The van der Waals surface area contributed by atoms with Crippen LogP contribution in [0.2, 0.25) is 0 Å². The number of nitrogens with zero attached hydrogens (tertiary/aromatic N) is 1. The van der Waals surface area contributed by atoms with Crippen LogP contribution < -0.4 is 0 Å². The Morgan fingerprint density at radius 3 is 2.17 bits per heavy atom. The van der Waals surface area contributed by atoms with Crippen LogP contribution in [0.25, 0.3) is 11.1 Å². The third-order valence-electron chi connectivity index (χ3n) is 8.30. The third-order valence-corrected chi connectivity index (χ3v) is 8.30. The molecule has 2 bridgehead atoms. The molecule has 1 N–H and O–H groups in total. The van der Waals surface area contributed by atoms with Gasteiger partial charge in [-0.05, 0) is 60.1 Å². The number of carbonyl (C=O) groups excluding carboxylic acids is 1. The van der Waals surface area contributed by atoms with E-state index in [1.165, 1.54) is 17.2 Å². The van der Waals surface area contributed by atoms with E-state index in [0.717, 1.165) is 23.6 Å². The molecule has 2 heterocycles. The number of fused-ring (bicyclic) bond motifs is 5. The van der Waals surface area contributed by atoms with Gasteiger partial charge < -0.3 is 14.7 Å². The van der Waals surface area contributed by atoms with Crippen molar-refractivity contribution >= 4 is 6.09 Å². The number of carbonyl (C=O) groups is 1. The Hall–Kier alpha value is -3.25. The van der Waals surface area contributed by atoms with Crippen LogP contribution in [0.5, 0.6) is 0 Å². The molecule has 6 heteroatoms. The molecule has 1 aliphatic carbocycles. The zero-order valence-corrected chi connectivity index (χ0v) is 20.2. The molecule has 36 heavy (non-hydrogen) atoms. The molecule has 2 aliphatic heterocycles. The second-order valence-electron chi connectivity index (χ2n) is 10.5. The van der Waals surface area contributed by atoms with Crippen LogP contribution in [-0.2, 0) is 10.3 Å². The highest BCUT2D eigenvalue weighted by Gasteiger charge is 2.49. The Bertz CT molecular complexity index is 1280. The molecule has 2 atom stereocenters. The summed E-state index contributed by atoms with van der Waals surface area (Å²) in [7, 11) is 0. The summed E-state index contributed by atoms with van der Waals surface area (Å²) in [6, 6.07) is 18.1. The zero-order chi connectivity index (χ0) is 25.0. The first-order chi connectivity index (χ1) is 17.4. The number of benzene rings is 3. The lowest BCUT2D eigenvalue weighted by atomic mass is 9.72. The molecule has 0 saturated carbocycles. The number of amides is 1. The van der Waals surface area contributed by atoms with Crippen molar-refractivity contribution in [1.29, 1.82) is 0 Å². The summed E-state index contributed by atoms with van der Waals surface area (Å²) >= 11 is 0. The summed E-state index contributed by atoms with van der Waals surface area (Å²) in [5.74, 6) is -1.40. The Labute approximate surface area is 209 Å². The quantitative estimate of drug-likeness (QED) is 0.462. The lowest BCUT2D eigenvalue weighted by molar-refractivity contribution is -0.0906. The third kappa shape index (κ3) is 3.70. The first-order valence-corrected chi connectivity index (χ1v) is 12.7. The highest BCUT2D eigenvalue weighted by molar-refractivity contribution is 5.79. The fraction of sp³-hybridized carbons (Fsp3) is 0.367. The van der Waals surface area contributed by atoms with E-state index in [2.05, 4.69) is 24.3 Å². The van der Waals surface area contributed by atoms with Crippen LogP contribution >= 0.6 is 0 Å². The molecular weight excluding hydrogens is 460 g/mol. The van der Waals surface area contributed by atoms with Crippen molar-refractivity contribution in [1.82, 2.24) is 4.90 Å². The standard InChI is InChI=1S/C30H29F2NO3/c1-18-13-26(28(32)14-27(18)31)30(35)15-19-7-6-8-20(16-30)33(19)29(34)36-17-25-23-11-4-2-9-21(23)22-10-3-5-12-24(22)25/h2-5,9-14,19-20,25,35H,6-8,15-17H2,1H3. The van der Waals surface area contributed by atoms with Crippen LogP contribution in [0.15, 0.2) is 60.7 Å². The number of halogens is 2. The van der Waals surface area contributed by atoms with Crippen molar-refractivity contribution in [2.75, 3.05) is 6.61 Å². The van der Waals surface area contributed by atoms with Crippen molar-refractivity contribution in [3.8, 4) is 11.1 Å². The van der Waals surface area contributed by atoms with Gasteiger partial charge in [-0.15, -0.1) is 0 Å². The van der Waals surface area contributed by atoms with Crippen LogP contribution in [0.4, 0.5) is 13.6 Å². The van der Waals surface area contributed by atoms with Crippen molar-refractivity contribution < 1.29 is 23.4 Å². The van der Waals surface area contributed by atoms with Crippen molar-refractivity contribution in [3.05, 3.63) is 94.6 Å². The van der Waals surface area contributed by atoms with E-state index < -0.39 is 17.2 Å². The van der Waals surface area contributed by atoms with Crippen LogP contribution in [0.1, 0.15) is 60.3 Å². The van der Waals surface area contributed by atoms with Crippen LogP contribution in [-0.4, -0.2) is 34.8 Å². The molecule has 0 aromatic heterocycles. The molecule has 3 aliphatic rings. The highest BCUT2D eigenvalue weighted by Crippen LogP contribution is 2.47. The van der Waals surface area contributed by atoms with Gasteiger partial charge in [0.15, 0.2) is 0 Å². The fourth-order valence-corrected chi connectivity index (χ4v) is 6.63. The van der Waals surface area contributed by atoms with E-state index >= 15 is 0 Å². The smallest absolute Gasteiger partial charge is 0.410 e. The van der Waals surface area contributed by atoms with E-state index in [4.69, 9.17) is 4.74 Å². The summed E-state index contributed by atoms with van der Waals surface area (Å²) in [5.41, 5.74) is 3.62. The van der Waals surface area contributed by atoms with Crippen molar-refractivity contribution in [2.45, 2.75) is 62.6 Å². The summed E-state index contributed by atoms with van der Waals surface area (Å²) in [4.78, 5) is 15.2. The zero-order valence-electron chi connectivity index (χ0n) is 20.2. The largest absolute Gasteiger partial charge is 0.448 e. The molecule has 2 saturated heterocycles. The molecular formula is C30H29F2NO3. The van der Waals surface area contributed by atoms with Crippen LogP contribution in [0, 0.1) is 18.6 Å². The SMILES string of the molecule is Cc1cc(C2(O)CC3CCCC(C2)N3C(=O)OCC2c3ccccc3-c3ccccc32)c(F)cc1F. The van der Waals surface area contributed by atoms with Crippen molar-refractivity contribution in [2.24, 2.45) is 0 Å². The minimum Gasteiger partial charge on any atom is -0.448 e. The Kier molecular flexibility index (Phi) is 5.60. The Morgan fingerprint density at radius 1 is 0.972 bits per heavy atom. The van der Waals surface area contributed by atoms with Gasteiger partial charge in [-0.1, -0.05) is 48.5 Å². The molecule has 6 rings (SSSR count). The van der Waals surface area contributed by atoms with Gasteiger partial charge in [0, 0.05) is 42.5 Å². The molecule has 0 spiro atoms. The number of aryl methyl sites for hydroxylation is 1. The number of hydrogen-bond donors (Lipinski definition) is 1. The van der Waals surface area contributed by atoms with Gasteiger partial charge in [-0.25, -0.2) is 13.6 Å². The number of piperidine rings is 2. The molecule has 3 aromatic rings. The van der Waals surface area contributed by atoms with Crippen molar-refractivity contribution in [3.63, 3.8) is 0 Å². The van der Waals surface area contributed by atoms with Gasteiger partial charge in [-0.2, -0.15) is 0 Å². The molecule has 1 amide bonds. The first-order valence-electron chi connectivity index (χ1n) is 12.7. The minimum atomic E-state index is -1.45. The Morgan fingerprint density at radius 2 is 1.56 bits per heavy atom. The second-order valence-corrected chi connectivity index (χ2v) is 10.5. The van der Waals surface area contributed by atoms with Gasteiger partial charge in [-0.3, -0.25) is 0 Å². The maximum atomic E-state index is 14.7. The number of rotatable bonds is 3. The van der Waals surface area contributed by atoms with E-state index in [9.17, 15) is 18.7 Å². The molecule has 0 radical (unpaired) electrons. The number of ether oxygens (including phenoxy) is 1. The monoisotopic (exact) mass is 489 g/mol. The normalized spacial score (nSPS) is 24.8.